The Labute approximate surface area is 100.0 Å². The molecule has 0 saturated heterocycles. The minimum absolute atomic E-state index is 0.645. The van der Waals surface area contributed by atoms with Crippen molar-refractivity contribution in [3.63, 3.8) is 0 Å². The Hall–Kier alpha value is -0.860. The smallest absolute Gasteiger partial charge is 0.0319 e. The lowest BCUT2D eigenvalue weighted by Crippen LogP contribution is -1.90. The van der Waals surface area contributed by atoms with Crippen LogP contribution in [0.15, 0.2) is 24.3 Å². The SMILES string of the molecule is CC(C)c1ccc(C(C)C)cc1.CO.CO. The molecule has 16 heavy (non-hydrogen) atoms. The highest BCUT2D eigenvalue weighted by Crippen LogP contribution is 2.18. The van der Waals surface area contributed by atoms with Crippen LogP contribution in [0.25, 0.3) is 0 Å². The topological polar surface area (TPSA) is 40.5 Å². The van der Waals surface area contributed by atoms with E-state index in [2.05, 4.69) is 52.0 Å². The highest BCUT2D eigenvalue weighted by atomic mass is 16.2. The quantitative estimate of drug-likeness (QED) is 0.813. The molecule has 0 atom stereocenters. The normalized spacial score (nSPS) is 9.12. The van der Waals surface area contributed by atoms with Gasteiger partial charge in [-0.3, -0.25) is 0 Å². The summed E-state index contributed by atoms with van der Waals surface area (Å²) in [7, 11) is 2.00. The molecule has 1 aromatic carbocycles. The molecule has 1 rings (SSSR count). The summed E-state index contributed by atoms with van der Waals surface area (Å²) in [5.41, 5.74) is 2.86. The standard InChI is InChI=1S/C12H18.2CH4O/c1-9(2)11-5-7-12(8-6-11)10(3)4;2*1-2/h5-10H,1-4H3;2*2H,1H3. The summed E-state index contributed by atoms with van der Waals surface area (Å²) in [6, 6.07) is 8.94. The third-order valence-electron chi connectivity index (χ3n) is 2.27. The van der Waals surface area contributed by atoms with E-state index in [1.807, 2.05) is 0 Å². The maximum absolute atomic E-state index is 7.00. The van der Waals surface area contributed by atoms with Gasteiger partial charge >= 0.3 is 0 Å². The third-order valence-corrected chi connectivity index (χ3v) is 2.27. The molecule has 0 saturated carbocycles. The molecule has 0 heterocycles. The fourth-order valence-electron chi connectivity index (χ4n) is 1.27. The number of aliphatic hydroxyl groups excluding tert-OH is 2. The van der Waals surface area contributed by atoms with Crippen LogP contribution in [0.1, 0.15) is 50.7 Å². The number of aliphatic hydroxyl groups is 2. The van der Waals surface area contributed by atoms with Crippen molar-refractivity contribution in [1.29, 1.82) is 0 Å². The van der Waals surface area contributed by atoms with Crippen molar-refractivity contribution in [3.05, 3.63) is 35.4 Å². The molecular weight excluding hydrogens is 200 g/mol. The second kappa shape index (κ2) is 10.7. The van der Waals surface area contributed by atoms with Gasteiger partial charge in [-0.05, 0) is 23.0 Å². The number of rotatable bonds is 2. The first-order valence-electron chi connectivity index (χ1n) is 5.60. The van der Waals surface area contributed by atoms with Crippen molar-refractivity contribution >= 4 is 0 Å². The summed E-state index contributed by atoms with van der Waals surface area (Å²) in [6.07, 6.45) is 0. The lowest BCUT2D eigenvalue weighted by Gasteiger charge is -2.08. The minimum Gasteiger partial charge on any atom is -0.400 e. The van der Waals surface area contributed by atoms with Gasteiger partial charge in [0.15, 0.2) is 0 Å². The Morgan fingerprint density at radius 3 is 0.938 bits per heavy atom. The average molecular weight is 226 g/mol. The van der Waals surface area contributed by atoms with Gasteiger partial charge in [-0.25, -0.2) is 0 Å². The van der Waals surface area contributed by atoms with E-state index in [9.17, 15) is 0 Å². The van der Waals surface area contributed by atoms with Crippen LogP contribution in [0.3, 0.4) is 0 Å². The van der Waals surface area contributed by atoms with E-state index in [4.69, 9.17) is 10.2 Å². The summed E-state index contributed by atoms with van der Waals surface area (Å²) in [4.78, 5) is 0. The second-order valence-electron chi connectivity index (χ2n) is 3.98. The van der Waals surface area contributed by atoms with Crippen LogP contribution in [0.2, 0.25) is 0 Å². The molecule has 0 aliphatic rings. The molecule has 0 bridgehead atoms. The van der Waals surface area contributed by atoms with Gasteiger partial charge in [0, 0.05) is 14.2 Å². The molecule has 0 aliphatic carbocycles. The number of hydrogen-bond acceptors (Lipinski definition) is 2. The van der Waals surface area contributed by atoms with Crippen LogP contribution in [-0.4, -0.2) is 24.4 Å². The largest absolute Gasteiger partial charge is 0.400 e. The molecule has 0 aromatic heterocycles. The molecule has 0 fully saturated rings. The first-order valence-corrected chi connectivity index (χ1v) is 5.60. The fourth-order valence-corrected chi connectivity index (χ4v) is 1.27. The molecule has 2 nitrogen and oxygen atoms in total. The monoisotopic (exact) mass is 226 g/mol. The lowest BCUT2D eigenvalue weighted by atomic mass is 9.97. The van der Waals surface area contributed by atoms with E-state index in [1.54, 1.807) is 0 Å². The molecular formula is C14H26O2. The predicted octanol–water partition coefficient (Wildman–Crippen LogP) is 3.15. The van der Waals surface area contributed by atoms with Gasteiger partial charge < -0.3 is 10.2 Å². The first kappa shape index (κ1) is 17.5. The Balaban J connectivity index is 0. The zero-order valence-electron chi connectivity index (χ0n) is 11.4. The van der Waals surface area contributed by atoms with Gasteiger partial charge in [0.2, 0.25) is 0 Å². The van der Waals surface area contributed by atoms with Crippen molar-refractivity contribution in [2.24, 2.45) is 0 Å². The van der Waals surface area contributed by atoms with Crippen LogP contribution in [0, 0.1) is 0 Å². The molecule has 94 valence electrons. The molecule has 2 heteroatoms. The molecule has 0 radical (unpaired) electrons. The minimum atomic E-state index is 0.645. The van der Waals surface area contributed by atoms with Crippen molar-refractivity contribution in [3.8, 4) is 0 Å². The zero-order valence-corrected chi connectivity index (χ0v) is 11.4. The second-order valence-corrected chi connectivity index (χ2v) is 3.98. The Kier molecular flexibility index (Phi) is 11.7. The third kappa shape index (κ3) is 6.59. The van der Waals surface area contributed by atoms with Crippen LogP contribution in [0.5, 0.6) is 0 Å². The van der Waals surface area contributed by atoms with Crippen molar-refractivity contribution in [2.75, 3.05) is 14.2 Å². The molecule has 0 unspecified atom stereocenters. The molecule has 0 aliphatic heterocycles. The molecule has 1 aromatic rings. The summed E-state index contributed by atoms with van der Waals surface area (Å²) >= 11 is 0. The van der Waals surface area contributed by atoms with E-state index in [0.29, 0.717) is 11.8 Å². The fraction of sp³-hybridized carbons (Fsp3) is 0.571. The van der Waals surface area contributed by atoms with Crippen LogP contribution >= 0.6 is 0 Å². The van der Waals surface area contributed by atoms with Crippen LogP contribution in [0.4, 0.5) is 0 Å². The van der Waals surface area contributed by atoms with Gasteiger partial charge in [0.25, 0.3) is 0 Å². The highest BCUT2D eigenvalue weighted by Gasteiger charge is 2.00. The number of hydrogen-bond donors (Lipinski definition) is 2. The maximum atomic E-state index is 7.00. The summed E-state index contributed by atoms with van der Waals surface area (Å²) in [5, 5.41) is 14.0. The number of benzene rings is 1. The van der Waals surface area contributed by atoms with Gasteiger partial charge in [0.1, 0.15) is 0 Å². The average Bonchev–Trinajstić information content (AvgIpc) is 2.34. The summed E-state index contributed by atoms with van der Waals surface area (Å²) in [6.45, 7) is 8.91. The molecule has 0 spiro atoms. The molecule has 0 amide bonds. The van der Waals surface area contributed by atoms with Crippen LogP contribution < -0.4 is 0 Å². The van der Waals surface area contributed by atoms with Crippen molar-refractivity contribution in [1.82, 2.24) is 0 Å². The van der Waals surface area contributed by atoms with Gasteiger partial charge in [-0.15, -0.1) is 0 Å². The van der Waals surface area contributed by atoms with Crippen molar-refractivity contribution < 1.29 is 10.2 Å². The van der Waals surface area contributed by atoms with E-state index in [-0.39, 0.29) is 0 Å². The highest BCUT2D eigenvalue weighted by molar-refractivity contribution is 5.26. The summed E-state index contributed by atoms with van der Waals surface area (Å²) < 4.78 is 0. The predicted molar refractivity (Wildman–Crippen MR) is 70.9 cm³/mol. The van der Waals surface area contributed by atoms with E-state index in [0.717, 1.165) is 14.2 Å². The summed E-state index contributed by atoms with van der Waals surface area (Å²) in [5.74, 6) is 1.29. The lowest BCUT2D eigenvalue weighted by molar-refractivity contribution is 0.399. The Bertz CT molecular complexity index is 210. The van der Waals surface area contributed by atoms with Crippen LogP contribution in [-0.2, 0) is 0 Å². The Morgan fingerprint density at radius 1 is 0.625 bits per heavy atom. The van der Waals surface area contributed by atoms with E-state index < -0.39 is 0 Å². The van der Waals surface area contributed by atoms with Gasteiger partial charge in [-0.2, -0.15) is 0 Å². The van der Waals surface area contributed by atoms with Gasteiger partial charge in [-0.1, -0.05) is 52.0 Å². The van der Waals surface area contributed by atoms with Crippen molar-refractivity contribution in [2.45, 2.75) is 39.5 Å². The van der Waals surface area contributed by atoms with E-state index >= 15 is 0 Å². The molecule has 2 N–H and O–H groups in total. The Morgan fingerprint density at radius 2 is 0.812 bits per heavy atom. The maximum Gasteiger partial charge on any atom is 0.0319 e. The zero-order chi connectivity index (χ0) is 13.1. The van der Waals surface area contributed by atoms with E-state index in [1.165, 1.54) is 11.1 Å². The first-order chi connectivity index (χ1) is 7.61. The van der Waals surface area contributed by atoms with Gasteiger partial charge in [0.05, 0.1) is 0 Å².